The van der Waals surface area contributed by atoms with Crippen molar-refractivity contribution in [2.24, 2.45) is 5.11 Å². The van der Waals surface area contributed by atoms with Gasteiger partial charge < -0.3 is 18.9 Å². The first-order valence-electron chi connectivity index (χ1n) is 9.27. The quantitative estimate of drug-likeness (QED) is 0.323. The van der Waals surface area contributed by atoms with Gasteiger partial charge in [0.25, 0.3) is 0 Å². The molecule has 2 aromatic carbocycles. The molecule has 0 radical (unpaired) electrons. The van der Waals surface area contributed by atoms with E-state index in [0.717, 1.165) is 10.5 Å². The number of benzene rings is 2. The summed E-state index contributed by atoms with van der Waals surface area (Å²) in [5, 5.41) is 4.93. The number of methoxy groups -OCH3 is 1. The molecule has 4 unspecified atom stereocenters. The lowest BCUT2D eigenvalue weighted by atomic mass is 9.96. The maximum atomic E-state index is 9.18. The van der Waals surface area contributed by atoms with E-state index in [1.807, 2.05) is 36.4 Å². The van der Waals surface area contributed by atoms with E-state index in [9.17, 15) is 5.53 Å². The molecule has 0 saturated carbocycles. The van der Waals surface area contributed by atoms with Crippen molar-refractivity contribution in [1.82, 2.24) is 0 Å². The van der Waals surface area contributed by atoms with Crippen molar-refractivity contribution in [3.8, 4) is 0 Å². The number of halogens is 2. The second-order valence-corrected chi connectivity index (χ2v) is 8.80. The van der Waals surface area contributed by atoms with E-state index >= 15 is 0 Å². The van der Waals surface area contributed by atoms with Crippen LogP contribution < -0.4 is 0 Å². The molecule has 0 bridgehead atoms. The summed E-state index contributed by atoms with van der Waals surface area (Å²) in [5.41, 5.74) is 9.62. The molecule has 0 aliphatic carbocycles. The average molecular weight is 468 g/mol. The summed E-state index contributed by atoms with van der Waals surface area (Å²) in [6.45, 7) is 0.302. The summed E-state index contributed by atoms with van der Waals surface area (Å²) in [7, 11) is 1.56. The third kappa shape index (κ3) is 4.56. The molecule has 0 N–H and O–H groups in total. The molecule has 7 nitrogen and oxygen atoms in total. The Hall–Kier alpha value is -1.48. The summed E-state index contributed by atoms with van der Waals surface area (Å²) in [5.74, 6) is 0. The zero-order valence-corrected chi connectivity index (χ0v) is 18.3. The van der Waals surface area contributed by atoms with Crippen molar-refractivity contribution in [2.45, 2.75) is 41.0 Å². The van der Waals surface area contributed by atoms with Crippen LogP contribution in [0.1, 0.15) is 11.9 Å². The van der Waals surface area contributed by atoms with E-state index in [1.165, 1.54) is 11.8 Å². The van der Waals surface area contributed by atoms with Crippen LogP contribution in [0.5, 0.6) is 0 Å². The molecular formula is C20H19Cl2N3O4S. The predicted octanol–water partition coefficient (Wildman–Crippen LogP) is 5.62. The van der Waals surface area contributed by atoms with Gasteiger partial charge in [-0.25, -0.2) is 0 Å². The Morgan fingerprint density at radius 3 is 2.63 bits per heavy atom. The van der Waals surface area contributed by atoms with Gasteiger partial charge in [-0.15, -0.1) is 0 Å². The summed E-state index contributed by atoms with van der Waals surface area (Å²) in [4.78, 5) is 3.89. The van der Waals surface area contributed by atoms with Gasteiger partial charge in [0.1, 0.15) is 23.7 Å². The second-order valence-electron chi connectivity index (χ2n) is 6.81. The molecule has 30 heavy (non-hydrogen) atoms. The fourth-order valence-corrected chi connectivity index (χ4v) is 5.14. The minimum Gasteiger partial charge on any atom is -0.377 e. The molecule has 2 saturated heterocycles. The summed E-state index contributed by atoms with van der Waals surface area (Å²) < 4.78 is 24.0. The number of ether oxygens (including phenoxy) is 4. The monoisotopic (exact) mass is 467 g/mol. The number of thioether (sulfide) groups is 1. The van der Waals surface area contributed by atoms with E-state index in [-0.39, 0.29) is 0 Å². The molecule has 2 fully saturated rings. The summed E-state index contributed by atoms with van der Waals surface area (Å²) >= 11 is 13.6. The van der Waals surface area contributed by atoms with Crippen LogP contribution in [0.25, 0.3) is 10.4 Å². The maximum Gasteiger partial charge on any atom is 0.184 e. The highest BCUT2D eigenvalue weighted by Gasteiger charge is 2.50. The Morgan fingerprint density at radius 1 is 1.13 bits per heavy atom. The highest BCUT2D eigenvalue weighted by atomic mass is 35.5. The van der Waals surface area contributed by atoms with Crippen LogP contribution in [0, 0.1) is 0 Å². The SMILES string of the molecule is COC1C(N=[N+]=[N-])[C@H]2OC(c3ccccc3)OCC2O[C@@H]1Sc1ccc(Cl)c(Cl)c1. The molecular weight excluding hydrogens is 449 g/mol. The minimum atomic E-state index is -0.589. The van der Waals surface area contributed by atoms with Crippen molar-refractivity contribution in [2.75, 3.05) is 13.7 Å². The first-order valence-corrected chi connectivity index (χ1v) is 10.9. The van der Waals surface area contributed by atoms with Gasteiger partial charge in [-0.05, 0) is 23.7 Å². The molecule has 158 valence electrons. The zero-order valence-electron chi connectivity index (χ0n) is 15.9. The van der Waals surface area contributed by atoms with Crippen molar-refractivity contribution in [1.29, 1.82) is 0 Å². The van der Waals surface area contributed by atoms with Gasteiger partial charge in [0, 0.05) is 22.5 Å². The van der Waals surface area contributed by atoms with E-state index < -0.39 is 36.1 Å². The number of nitrogens with zero attached hydrogens (tertiary/aromatic N) is 3. The molecule has 4 rings (SSSR count). The van der Waals surface area contributed by atoms with Gasteiger partial charge in [0.05, 0.1) is 22.7 Å². The molecule has 2 aromatic rings. The Morgan fingerprint density at radius 2 is 1.93 bits per heavy atom. The zero-order chi connectivity index (χ0) is 21.1. The Kier molecular flexibility index (Phi) is 7.08. The number of hydrogen-bond acceptors (Lipinski definition) is 6. The topological polar surface area (TPSA) is 85.7 Å². The Bertz CT molecular complexity index is 932. The first kappa shape index (κ1) is 21.7. The Balaban J connectivity index is 1.57. The first-order chi connectivity index (χ1) is 14.6. The van der Waals surface area contributed by atoms with E-state index in [0.29, 0.717) is 16.7 Å². The van der Waals surface area contributed by atoms with Gasteiger partial charge in [-0.2, -0.15) is 0 Å². The van der Waals surface area contributed by atoms with E-state index in [2.05, 4.69) is 10.0 Å². The predicted molar refractivity (Wildman–Crippen MR) is 115 cm³/mol. The average Bonchev–Trinajstić information content (AvgIpc) is 2.77. The summed E-state index contributed by atoms with van der Waals surface area (Å²) in [6, 6.07) is 14.4. The number of fused-ring (bicyclic) bond motifs is 1. The second kappa shape index (κ2) is 9.77. The van der Waals surface area contributed by atoms with E-state index in [1.54, 1.807) is 19.2 Å². The molecule has 2 heterocycles. The molecule has 2 aliphatic heterocycles. The van der Waals surface area contributed by atoms with E-state index in [4.69, 9.17) is 42.1 Å². The largest absolute Gasteiger partial charge is 0.377 e. The Labute approximate surface area is 188 Å². The highest BCUT2D eigenvalue weighted by Crippen LogP contribution is 2.41. The molecule has 0 amide bonds. The fourth-order valence-electron chi connectivity index (χ4n) is 3.57. The third-order valence-electron chi connectivity index (χ3n) is 4.98. The summed E-state index contributed by atoms with van der Waals surface area (Å²) in [6.07, 6.45) is -2.01. The van der Waals surface area contributed by atoms with Crippen LogP contribution in [0.2, 0.25) is 10.0 Å². The number of hydrogen-bond donors (Lipinski definition) is 0. The van der Waals surface area contributed by atoms with Crippen LogP contribution in [0.4, 0.5) is 0 Å². The van der Waals surface area contributed by atoms with Crippen LogP contribution in [0.3, 0.4) is 0 Å². The van der Waals surface area contributed by atoms with Crippen LogP contribution in [-0.2, 0) is 18.9 Å². The van der Waals surface area contributed by atoms with Crippen molar-refractivity contribution >= 4 is 35.0 Å². The maximum absolute atomic E-state index is 9.18. The van der Waals surface area contributed by atoms with Crippen LogP contribution in [-0.4, -0.2) is 43.5 Å². The van der Waals surface area contributed by atoms with Gasteiger partial charge in [-0.3, -0.25) is 0 Å². The highest BCUT2D eigenvalue weighted by molar-refractivity contribution is 7.99. The smallest absolute Gasteiger partial charge is 0.184 e. The lowest BCUT2D eigenvalue weighted by Gasteiger charge is -2.47. The van der Waals surface area contributed by atoms with Gasteiger partial charge in [-0.1, -0.05) is 70.4 Å². The van der Waals surface area contributed by atoms with Crippen molar-refractivity contribution < 1.29 is 18.9 Å². The number of rotatable bonds is 5. The van der Waals surface area contributed by atoms with Crippen LogP contribution in [0.15, 0.2) is 58.5 Å². The van der Waals surface area contributed by atoms with Crippen LogP contribution >= 0.6 is 35.0 Å². The van der Waals surface area contributed by atoms with Crippen molar-refractivity contribution in [3.05, 3.63) is 74.6 Å². The molecule has 0 spiro atoms. The minimum absolute atomic E-state index is 0.302. The lowest BCUT2D eigenvalue weighted by molar-refractivity contribution is -0.298. The van der Waals surface area contributed by atoms with Crippen molar-refractivity contribution in [3.63, 3.8) is 0 Å². The normalized spacial score (nSPS) is 30.9. The molecule has 2 aliphatic rings. The third-order valence-corrected chi connectivity index (χ3v) is 6.86. The number of azide groups is 1. The molecule has 0 aromatic heterocycles. The van der Waals surface area contributed by atoms with Gasteiger partial charge >= 0.3 is 0 Å². The molecule has 6 atom stereocenters. The van der Waals surface area contributed by atoms with Gasteiger partial charge in [0.2, 0.25) is 0 Å². The van der Waals surface area contributed by atoms with Gasteiger partial charge in [0.15, 0.2) is 6.29 Å². The lowest BCUT2D eigenvalue weighted by Crippen LogP contribution is -2.60. The fraction of sp³-hybridized carbons (Fsp3) is 0.400. The molecule has 10 heteroatoms. The standard InChI is InChI=1S/C20H19Cl2N3O4S/c1-26-18-16(24-25-23)17-15(10-27-19(29-17)11-5-3-2-4-6-11)28-20(18)30-12-7-8-13(21)14(22)9-12/h2-9,15-20H,10H2,1H3/t15?,16?,17-,18?,19?,20+/m0/s1.